The molecule has 1 aromatic carbocycles. The minimum atomic E-state index is 0.0157. The molecule has 0 fully saturated rings. The molecule has 2 N–H and O–H groups in total. The van der Waals surface area contributed by atoms with Gasteiger partial charge >= 0.3 is 0 Å². The number of nitrogen functional groups attached to an aromatic ring is 1. The standard InChI is InChI=1S/C15H24N2O2/c1-10(2)9-17(11(3)4)15(18)12-6-7-13(16)14(8-12)19-5/h6-8,10-11H,9,16H2,1-5H3. The summed E-state index contributed by atoms with van der Waals surface area (Å²) in [5, 5.41) is 0. The van der Waals surface area contributed by atoms with Crippen LogP contribution in [0.1, 0.15) is 38.1 Å². The highest BCUT2D eigenvalue weighted by Crippen LogP contribution is 2.23. The number of rotatable bonds is 5. The van der Waals surface area contributed by atoms with E-state index in [2.05, 4.69) is 13.8 Å². The van der Waals surface area contributed by atoms with Gasteiger partial charge in [0.2, 0.25) is 0 Å². The summed E-state index contributed by atoms with van der Waals surface area (Å²) in [6.45, 7) is 8.99. The molecule has 1 amide bonds. The Morgan fingerprint density at radius 2 is 1.95 bits per heavy atom. The third-order valence-electron chi connectivity index (χ3n) is 2.93. The second kappa shape index (κ2) is 6.45. The van der Waals surface area contributed by atoms with Crippen LogP contribution in [0.4, 0.5) is 5.69 Å². The highest BCUT2D eigenvalue weighted by molar-refractivity contribution is 5.95. The smallest absolute Gasteiger partial charge is 0.254 e. The first-order valence-electron chi connectivity index (χ1n) is 6.61. The predicted octanol–water partition coefficient (Wildman–Crippen LogP) is 2.78. The third-order valence-corrected chi connectivity index (χ3v) is 2.93. The Labute approximate surface area is 115 Å². The van der Waals surface area contributed by atoms with Gasteiger partial charge in [0.25, 0.3) is 5.91 Å². The van der Waals surface area contributed by atoms with E-state index < -0.39 is 0 Å². The molecule has 19 heavy (non-hydrogen) atoms. The van der Waals surface area contributed by atoms with Gasteiger partial charge in [-0.2, -0.15) is 0 Å². The van der Waals surface area contributed by atoms with Crippen molar-refractivity contribution in [3.63, 3.8) is 0 Å². The van der Waals surface area contributed by atoms with Crippen LogP contribution in [-0.4, -0.2) is 30.5 Å². The summed E-state index contributed by atoms with van der Waals surface area (Å²) in [7, 11) is 1.55. The predicted molar refractivity (Wildman–Crippen MR) is 78.4 cm³/mol. The molecule has 0 aromatic heterocycles. The van der Waals surface area contributed by atoms with Gasteiger partial charge in [-0.15, -0.1) is 0 Å². The summed E-state index contributed by atoms with van der Waals surface area (Å²) in [6.07, 6.45) is 0. The van der Waals surface area contributed by atoms with E-state index in [0.29, 0.717) is 22.9 Å². The molecule has 1 aromatic rings. The zero-order valence-electron chi connectivity index (χ0n) is 12.4. The van der Waals surface area contributed by atoms with Crippen LogP contribution in [-0.2, 0) is 0 Å². The number of methoxy groups -OCH3 is 1. The van der Waals surface area contributed by atoms with E-state index in [1.807, 2.05) is 18.7 Å². The topological polar surface area (TPSA) is 55.6 Å². The average Bonchev–Trinajstić information content (AvgIpc) is 2.35. The van der Waals surface area contributed by atoms with E-state index in [1.54, 1.807) is 25.3 Å². The number of hydrogen-bond acceptors (Lipinski definition) is 3. The van der Waals surface area contributed by atoms with Crippen molar-refractivity contribution in [2.24, 2.45) is 5.92 Å². The molecule has 106 valence electrons. The molecule has 0 bridgehead atoms. The molecule has 0 saturated carbocycles. The second-order valence-electron chi connectivity index (χ2n) is 5.40. The fourth-order valence-electron chi connectivity index (χ4n) is 1.93. The fraction of sp³-hybridized carbons (Fsp3) is 0.533. The lowest BCUT2D eigenvalue weighted by molar-refractivity contribution is 0.0681. The van der Waals surface area contributed by atoms with Crippen LogP contribution in [0.25, 0.3) is 0 Å². The van der Waals surface area contributed by atoms with E-state index in [0.717, 1.165) is 6.54 Å². The van der Waals surface area contributed by atoms with Crippen LogP contribution in [0, 0.1) is 5.92 Å². The average molecular weight is 264 g/mol. The summed E-state index contributed by atoms with van der Waals surface area (Å²) in [6, 6.07) is 5.32. The van der Waals surface area contributed by atoms with E-state index in [9.17, 15) is 4.79 Å². The number of benzene rings is 1. The number of nitrogens with zero attached hydrogens (tertiary/aromatic N) is 1. The van der Waals surface area contributed by atoms with Crippen LogP contribution in [0.3, 0.4) is 0 Å². The minimum absolute atomic E-state index is 0.0157. The highest BCUT2D eigenvalue weighted by atomic mass is 16.5. The zero-order valence-corrected chi connectivity index (χ0v) is 12.4. The number of carbonyl (C=O) groups excluding carboxylic acids is 1. The van der Waals surface area contributed by atoms with Crippen molar-refractivity contribution in [1.82, 2.24) is 4.90 Å². The Bertz CT molecular complexity index is 442. The van der Waals surface area contributed by atoms with Gasteiger partial charge in [0.15, 0.2) is 0 Å². The molecular weight excluding hydrogens is 240 g/mol. The lowest BCUT2D eigenvalue weighted by atomic mass is 10.1. The number of amides is 1. The summed E-state index contributed by atoms with van der Waals surface area (Å²) in [4.78, 5) is 14.4. The first kappa shape index (κ1) is 15.3. The highest BCUT2D eigenvalue weighted by Gasteiger charge is 2.20. The molecule has 0 aliphatic heterocycles. The quantitative estimate of drug-likeness (QED) is 0.832. The molecule has 0 atom stereocenters. The van der Waals surface area contributed by atoms with Gasteiger partial charge in [-0.3, -0.25) is 4.79 Å². The van der Waals surface area contributed by atoms with Crippen molar-refractivity contribution in [1.29, 1.82) is 0 Å². The molecule has 0 saturated heterocycles. The Hall–Kier alpha value is -1.71. The van der Waals surface area contributed by atoms with Gasteiger partial charge in [-0.05, 0) is 38.0 Å². The van der Waals surface area contributed by atoms with E-state index >= 15 is 0 Å². The van der Waals surface area contributed by atoms with Crippen LogP contribution < -0.4 is 10.5 Å². The number of carbonyl (C=O) groups is 1. The number of ether oxygens (including phenoxy) is 1. The maximum Gasteiger partial charge on any atom is 0.254 e. The lowest BCUT2D eigenvalue weighted by Gasteiger charge is -2.28. The van der Waals surface area contributed by atoms with Crippen LogP contribution in [0.2, 0.25) is 0 Å². The van der Waals surface area contributed by atoms with E-state index in [4.69, 9.17) is 10.5 Å². The van der Waals surface area contributed by atoms with Gasteiger partial charge < -0.3 is 15.4 Å². The van der Waals surface area contributed by atoms with Crippen molar-refractivity contribution in [3.05, 3.63) is 23.8 Å². The first-order valence-corrected chi connectivity index (χ1v) is 6.61. The molecule has 0 spiro atoms. The Kier molecular flexibility index (Phi) is 5.21. The maximum absolute atomic E-state index is 12.5. The van der Waals surface area contributed by atoms with Gasteiger partial charge in [0, 0.05) is 18.2 Å². The Morgan fingerprint density at radius 3 is 2.42 bits per heavy atom. The van der Waals surface area contributed by atoms with Gasteiger partial charge in [-0.1, -0.05) is 13.8 Å². The SMILES string of the molecule is COc1cc(C(=O)N(CC(C)C)C(C)C)ccc1N. The van der Waals surface area contributed by atoms with Crippen molar-refractivity contribution >= 4 is 11.6 Å². The van der Waals surface area contributed by atoms with E-state index in [1.165, 1.54) is 0 Å². The minimum Gasteiger partial charge on any atom is -0.495 e. The summed E-state index contributed by atoms with van der Waals surface area (Å²) in [5.41, 5.74) is 6.92. The van der Waals surface area contributed by atoms with Gasteiger partial charge in [0.1, 0.15) is 5.75 Å². The monoisotopic (exact) mass is 264 g/mol. The molecule has 0 unspecified atom stereocenters. The number of nitrogens with two attached hydrogens (primary N) is 1. The second-order valence-corrected chi connectivity index (χ2v) is 5.40. The molecule has 0 heterocycles. The zero-order chi connectivity index (χ0) is 14.6. The van der Waals surface area contributed by atoms with Crippen LogP contribution in [0.15, 0.2) is 18.2 Å². The normalized spacial score (nSPS) is 10.9. The summed E-state index contributed by atoms with van der Waals surface area (Å²) >= 11 is 0. The van der Waals surface area contributed by atoms with E-state index in [-0.39, 0.29) is 11.9 Å². The van der Waals surface area contributed by atoms with Crippen LogP contribution >= 0.6 is 0 Å². The molecule has 0 aliphatic rings. The number of anilines is 1. The fourth-order valence-corrected chi connectivity index (χ4v) is 1.93. The molecule has 0 aliphatic carbocycles. The van der Waals surface area contributed by atoms with Crippen molar-refractivity contribution < 1.29 is 9.53 Å². The molecule has 4 heteroatoms. The van der Waals surface area contributed by atoms with Crippen molar-refractivity contribution in [2.75, 3.05) is 19.4 Å². The largest absolute Gasteiger partial charge is 0.495 e. The molecule has 1 rings (SSSR count). The van der Waals surface area contributed by atoms with Crippen molar-refractivity contribution in [3.8, 4) is 5.75 Å². The van der Waals surface area contributed by atoms with Gasteiger partial charge in [-0.25, -0.2) is 0 Å². The lowest BCUT2D eigenvalue weighted by Crippen LogP contribution is -2.39. The molecular formula is C15H24N2O2. The maximum atomic E-state index is 12.5. The van der Waals surface area contributed by atoms with Gasteiger partial charge in [0.05, 0.1) is 12.8 Å². The summed E-state index contributed by atoms with van der Waals surface area (Å²) < 4.78 is 5.16. The third kappa shape index (κ3) is 3.88. The summed E-state index contributed by atoms with van der Waals surface area (Å²) in [5.74, 6) is 0.989. The van der Waals surface area contributed by atoms with Crippen LogP contribution in [0.5, 0.6) is 5.75 Å². The van der Waals surface area contributed by atoms with Crippen molar-refractivity contribution in [2.45, 2.75) is 33.7 Å². The Morgan fingerprint density at radius 1 is 1.32 bits per heavy atom. The number of hydrogen-bond donors (Lipinski definition) is 1. The first-order chi connectivity index (χ1) is 8.86. The Balaban J connectivity index is 3.02. The molecule has 0 radical (unpaired) electrons. The molecule has 4 nitrogen and oxygen atoms in total.